The molecule has 18 atom stereocenters. The van der Waals surface area contributed by atoms with Crippen molar-refractivity contribution in [2.75, 3.05) is 6.54 Å². The summed E-state index contributed by atoms with van der Waals surface area (Å²) in [5, 5.41) is 40.3. The van der Waals surface area contributed by atoms with E-state index in [1.54, 1.807) is 6.92 Å². The van der Waals surface area contributed by atoms with Gasteiger partial charge in [-0.2, -0.15) is 0 Å². The van der Waals surface area contributed by atoms with Gasteiger partial charge < -0.3 is 49.6 Å². The highest BCUT2D eigenvalue weighted by Gasteiger charge is 2.63. The summed E-state index contributed by atoms with van der Waals surface area (Å²) in [6, 6.07) is -0.452. The van der Waals surface area contributed by atoms with E-state index in [1.807, 2.05) is 40.7 Å². The number of hydrogen-bond acceptors (Lipinski definition) is 10. The number of thiocarbonyl (C=S) groups is 1. The molecule has 0 aromatic rings. The molecule has 1 unspecified atom stereocenters. The lowest BCUT2D eigenvalue weighted by molar-refractivity contribution is -0.397. The van der Waals surface area contributed by atoms with Crippen LogP contribution < -0.4 is 10.6 Å². The van der Waals surface area contributed by atoms with Crippen LogP contribution in [0.25, 0.3) is 0 Å². The molecule has 0 amide bonds. The SMILES string of the molecule is CCC(C(=O)[C@@H](C)[C@@H](O)[C@H](C)[C@@H]1O[C@@H]([C@@H](CC)C(=O)O)CC[C@@H]1C)[C@H]1O[C@]2(C=C[C@@H](NC(=S)NCC(C)C)[C@]3(CC[C@@](C)([C@H]4CC[C@](O)(CC)[C@H](C)O4)O3)O2)[C@H](C)C[C@@H]1C. The number of hydrogen-bond donors (Lipinski definition) is 5. The van der Waals surface area contributed by atoms with Crippen molar-refractivity contribution in [2.45, 2.75) is 213 Å². The largest absolute Gasteiger partial charge is 0.481 e. The van der Waals surface area contributed by atoms with Crippen LogP contribution in [-0.4, -0.2) is 104 Å². The fourth-order valence-corrected chi connectivity index (χ4v) is 11.4. The maximum atomic E-state index is 14.7. The minimum Gasteiger partial charge on any atom is -0.481 e. The molecule has 0 radical (unpaired) electrons. The van der Waals surface area contributed by atoms with E-state index in [9.17, 15) is 24.9 Å². The number of carboxylic acids is 1. The molecular formula is C47H80N2O10S. The number of carbonyl (C=O) groups excluding carboxylic acids is 1. The van der Waals surface area contributed by atoms with E-state index in [4.69, 9.17) is 35.9 Å². The van der Waals surface area contributed by atoms with Crippen molar-refractivity contribution in [3.05, 3.63) is 12.2 Å². The van der Waals surface area contributed by atoms with Crippen molar-refractivity contribution in [1.82, 2.24) is 10.6 Å². The van der Waals surface area contributed by atoms with Crippen molar-refractivity contribution < 1.29 is 48.6 Å². The highest BCUT2D eigenvalue weighted by atomic mass is 32.1. The number of aliphatic hydroxyl groups is 2. The smallest absolute Gasteiger partial charge is 0.309 e. The van der Waals surface area contributed by atoms with Gasteiger partial charge in [-0.15, -0.1) is 0 Å². The van der Waals surface area contributed by atoms with Gasteiger partial charge in [0.25, 0.3) is 0 Å². The lowest BCUT2D eigenvalue weighted by Crippen LogP contribution is -2.66. The van der Waals surface area contributed by atoms with Crippen molar-refractivity contribution in [3.8, 4) is 0 Å². The number of aliphatic hydroxyl groups excluding tert-OH is 1. The molecule has 60 heavy (non-hydrogen) atoms. The van der Waals surface area contributed by atoms with Crippen LogP contribution in [-0.2, 0) is 33.3 Å². The third kappa shape index (κ3) is 9.98. The number of aliphatic carboxylic acids is 1. The quantitative estimate of drug-likeness (QED) is 0.0823. The Morgan fingerprint density at radius 3 is 2.18 bits per heavy atom. The van der Waals surface area contributed by atoms with Gasteiger partial charge in [0.2, 0.25) is 0 Å². The Morgan fingerprint density at radius 2 is 1.58 bits per heavy atom. The standard InChI is InChI=1S/C47H80N2O10S/c1-13-33(42(52)53)35-17-16-27(6)40(56-35)31(10)38(50)30(9)39(51)34(14-2)41-28(7)24-29(8)46(57-41)21-18-36(49-43(60)48-25-26(4)5)47(59-46)23-22-44(12,58-47)37-19-20-45(54,15-3)32(11)55-37/h18,21,26-38,40-41,50,54H,13-17,19-20,22-25H2,1-12H3,(H,52,53)(H2,48,49,60)/t27-,28-,29+,30-,31-,32-,33+,34?,35+,36+,37+,38+,40+,41-,44-,45+,46-,47-/m0/s1. The van der Waals surface area contributed by atoms with Crippen LogP contribution in [0.3, 0.4) is 0 Å². The molecule has 0 bridgehead atoms. The van der Waals surface area contributed by atoms with Crippen molar-refractivity contribution in [3.63, 3.8) is 0 Å². The zero-order valence-electron chi connectivity index (χ0n) is 38.7. The predicted molar refractivity (Wildman–Crippen MR) is 235 cm³/mol. The van der Waals surface area contributed by atoms with Gasteiger partial charge in [0, 0.05) is 36.6 Å². The third-order valence-corrected chi connectivity index (χ3v) is 15.7. The monoisotopic (exact) mass is 865 g/mol. The number of ether oxygens (including phenoxy) is 5. The summed E-state index contributed by atoms with van der Waals surface area (Å²) in [6.07, 6.45) is 7.39. The fraction of sp³-hybridized carbons (Fsp3) is 0.894. The third-order valence-electron chi connectivity index (χ3n) is 15.4. The zero-order valence-corrected chi connectivity index (χ0v) is 39.5. The first-order chi connectivity index (χ1) is 28.1. The van der Waals surface area contributed by atoms with E-state index in [1.165, 1.54) is 0 Å². The van der Waals surface area contributed by atoms with Gasteiger partial charge in [-0.1, -0.05) is 75.3 Å². The zero-order chi connectivity index (χ0) is 44.5. The molecule has 0 aromatic carbocycles. The molecule has 5 rings (SSSR count). The fourth-order valence-electron chi connectivity index (χ4n) is 11.2. The molecule has 4 fully saturated rings. The minimum absolute atomic E-state index is 0.0200. The van der Waals surface area contributed by atoms with Crippen LogP contribution in [0.5, 0.6) is 0 Å². The number of Topliss-reactive ketones (excluding diaryl/α,β-unsaturated/α-hetero) is 1. The highest BCUT2D eigenvalue weighted by Crippen LogP contribution is 2.54. The summed E-state index contributed by atoms with van der Waals surface area (Å²) < 4.78 is 34.8. The van der Waals surface area contributed by atoms with Gasteiger partial charge in [0.05, 0.1) is 53.7 Å². The number of carboxylic acid groups (broad SMARTS) is 1. The van der Waals surface area contributed by atoms with Crippen LogP contribution in [0.2, 0.25) is 0 Å². The predicted octanol–water partition coefficient (Wildman–Crippen LogP) is 7.32. The number of rotatable bonds is 15. The summed E-state index contributed by atoms with van der Waals surface area (Å²) in [6.45, 7) is 24.9. The van der Waals surface area contributed by atoms with Crippen LogP contribution in [0.4, 0.5) is 0 Å². The van der Waals surface area contributed by atoms with E-state index in [0.29, 0.717) is 68.9 Å². The summed E-state index contributed by atoms with van der Waals surface area (Å²) in [5.74, 6) is -5.12. The van der Waals surface area contributed by atoms with Gasteiger partial charge in [-0.25, -0.2) is 0 Å². The second kappa shape index (κ2) is 19.6. The summed E-state index contributed by atoms with van der Waals surface area (Å²) in [5.41, 5.74) is -1.60. The number of ketones is 1. The molecule has 5 aliphatic rings. The normalized spacial score (nSPS) is 42.1. The molecule has 13 heteroatoms. The summed E-state index contributed by atoms with van der Waals surface area (Å²) in [7, 11) is 0. The Kier molecular flexibility index (Phi) is 16.1. The van der Waals surface area contributed by atoms with Gasteiger partial charge >= 0.3 is 5.97 Å². The van der Waals surface area contributed by atoms with Gasteiger partial charge in [-0.3, -0.25) is 9.59 Å². The van der Waals surface area contributed by atoms with Crippen LogP contribution >= 0.6 is 12.2 Å². The molecule has 5 N–H and O–H groups in total. The molecule has 5 aliphatic heterocycles. The Bertz CT molecular complexity index is 1530. The second-order valence-electron chi connectivity index (χ2n) is 20.2. The summed E-state index contributed by atoms with van der Waals surface area (Å²) >= 11 is 5.80. The molecule has 5 heterocycles. The maximum Gasteiger partial charge on any atom is 0.309 e. The number of nitrogens with one attached hydrogen (secondary N) is 2. The Morgan fingerprint density at radius 1 is 0.900 bits per heavy atom. The molecule has 4 saturated heterocycles. The lowest BCUT2D eigenvalue weighted by atomic mass is 9.72. The topological polar surface area (TPSA) is 165 Å². The first-order valence-corrected chi connectivity index (χ1v) is 23.8. The average Bonchev–Trinajstić information content (AvgIpc) is 3.54. The lowest BCUT2D eigenvalue weighted by Gasteiger charge is -2.55. The Balaban J connectivity index is 1.39. The minimum atomic E-state index is -1.21. The first-order valence-electron chi connectivity index (χ1n) is 23.4. The molecule has 12 nitrogen and oxygen atoms in total. The Hall–Kier alpha value is -1.71. The van der Waals surface area contributed by atoms with Crippen LogP contribution in [0.1, 0.15) is 147 Å². The van der Waals surface area contributed by atoms with Gasteiger partial charge in [-0.05, 0) is 108 Å². The molecule has 0 saturated carbocycles. The average molecular weight is 865 g/mol. The van der Waals surface area contributed by atoms with Crippen molar-refractivity contribution in [2.24, 2.45) is 47.3 Å². The summed E-state index contributed by atoms with van der Waals surface area (Å²) in [4.78, 5) is 26.7. The molecule has 2 spiro atoms. The van der Waals surface area contributed by atoms with Gasteiger partial charge in [0.1, 0.15) is 11.8 Å². The van der Waals surface area contributed by atoms with E-state index in [0.717, 1.165) is 12.8 Å². The highest BCUT2D eigenvalue weighted by molar-refractivity contribution is 7.80. The van der Waals surface area contributed by atoms with E-state index in [-0.39, 0.29) is 41.8 Å². The van der Waals surface area contributed by atoms with Crippen LogP contribution in [0.15, 0.2) is 12.2 Å². The molecule has 344 valence electrons. The van der Waals surface area contributed by atoms with Crippen molar-refractivity contribution >= 4 is 29.1 Å². The van der Waals surface area contributed by atoms with Crippen LogP contribution in [0, 0.1) is 47.3 Å². The second-order valence-corrected chi connectivity index (χ2v) is 20.6. The molecular weight excluding hydrogens is 785 g/mol. The maximum absolute atomic E-state index is 14.7. The molecule has 0 aromatic heterocycles. The first kappa shape index (κ1) is 49.3. The van der Waals surface area contributed by atoms with E-state index >= 15 is 0 Å². The number of carbonyl (C=O) groups is 2. The van der Waals surface area contributed by atoms with E-state index < -0.39 is 76.8 Å². The molecule has 0 aliphatic carbocycles. The van der Waals surface area contributed by atoms with Gasteiger partial charge in [0.15, 0.2) is 16.7 Å². The van der Waals surface area contributed by atoms with E-state index in [2.05, 4.69) is 58.3 Å². The van der Waals surface area contributed by atoms with Crippen molar-refractivity contribution in [1.29, 1.82) is 0 Å². The Labute approximate surface area is 366 Å².